The minimum atomic E-state index is -0.194. The van der Waals surface area contributed by atoms with Crippen molar-refractivity contribution in [2.45, 2.75) is 6.92 Å². The standard InChI is InChI=1S/C20H21Cl2N3O3S2/c1-2-28-13-3-4-15-16(11-13)29-20(23-15)25(6-5-24-7-9-27-10-8-24)19(26)14-12-17(21)30-18(14)22/h3-4,11-12H,2,5-10H2,1H3. The summed E-state index contributed by atoms with van der Waals surface area (Å²) in [6, 6.07) is 7.39. The molecule has 4 rings (SSSR count). The van der Waals surface area contributed by atoms with Crippen LogP contribution in [0.2, 0.25) is 8.67 Å². The van der Waals surface area contributed by atoms with Gasteiger partial charge in [-0.15, -0.1) is 11.3 Å². The van der Waals surface area contributed by atoms with Crippen LogP contribution in [0.15, 0.2) is 24.3 Å². The van der Waals surface area contributed by atoms with Gasteiger partial charge in [0.2, 0.25) is 0 Å². The van der Waals surface area contributed by atoms with Crippen molar-refractivity contribution in [3.8, 4) is 5.75 Å². The Balaban J connectivity index is 1.64. The Bertz CT molecular complexity index is 1030. The van der Waals surface area contributed by atoms with E-state index in [-0.39, 0.29) is 5.91 Å². The molecule has 2 aromatic heterocycles. The van der Waals surface area contributed by atoms with E-state index in [4.69, 9.17) is 37.7 Å². The Morgan fingerprint density at radius 2 is 2.07 bits per heavy atom. The number of fused-ring (bicyclic) bond motifs is 1. The lowest BCUT2D eigenvalue weighted by Crippen LogP contribution is -2.43. The summed E-state index contributed by atoms with van der Waals surface area (Å²) in [4.78, 5) is 22.1. The van der Waals surface area contributed by atoms with E-state index in [9.17, 15) is 4.79 Å². The fourth-order valence-corrected chi connectivity index (χ4v) is 5.71. The third-order valence-corrected chi connectivity index (χ3v) is 7.30. The molecular formula is C20H21Cl2N3O3S2. The van der Waals surface area contributed by atoms with Crippen molar-refractivity contribution in [3.05, 3.63) is 38.5 Å². The van der Waals surface area contributed by atoms with Crippen molar-refractivity contribution in [2.24, 2.45) is 0 Å². The van der Waals surface area contributed by atoms with E-state index < -0.39 is 0 Å². The molecule has 0 spiro atoms. The Hall–Kier alpha value is -1.42. The molecule has 0 saturated carbocycles. The normalized spacial score (nSPS) is 14.9. The van der Waals surface area contributed by atoms with Crippen LogP contribution >= 0.6 is 45.9 Å². The second-order valence-corrected chi connectivity index (χ2v) is 10.0. The van der Waals surface area contributed by atoms with E-state index in [0.29, 0.717) is 45.7 Å². The van der Waals surface area contributed by atoms with Crippen LogP contribution in [0.3, 0.4) is 0 Å². The quantitative estimate of drug-likeness (QED) is 0.468. The summed E-state index contributed by atoms with van der Waals surface area (Å²) in [5.74, 6) is 0.597. The molecule has 0 radical (unpaired) electrons. The van der Waals surface area contributed by atoms with E-state index in [1.54, 1.807) is 11.0 Å². The number of halogens is 2. The number of thiazole rings is 1. The lowest BCUT2D eigenvalue weighted by Gasteiger charge is -2.29. The molecule has 1 aromatic carbocycles. The molecule has 160 valence electrons. The van der Waals surface area contributed by atoms with Gasteiger partial charge in [-0.25, -0.2) is 4.98 Å². The monoisotopic (exact) mass is 485 g/mol. The number of hydrogen-bond donors (Lipinski definition) is 0. The number of anilines is 1. The number of benzene rings is 1. The predicted molar refractivity (Wildman–Crippen MR) is 124 cm³/mol. The smallest absolute Gasteiger partial charge is 0.262 e. The third-order valence-electron chi connectivity index (χ3n) is 4.77. The predicted octanol–water partition coefficient (Wildman–Crippen LogP) is 5.04. The minimum absolute atomic E-state index is 0.194. The van der Waals surface area contributed by atoms with Crippen molar-refractivity contribution in [1.29, 1.82) is 0 Å². The van der Waals surface area contributed by atoms with Gasteiger partial charge in [-0.2, -0.15) is 0 Å². The van der Waals surface area contributed by atoms with Crippen LogP contribution in [0.4, 0.5) is 5.13 Å². The van der Waals surface area contributed by atoms with Gasteiger partial charge in [0.15, 0.2) is 5.13 Å². The molecule has 1 aliphatic rings. The number of morpholine rings is 1. The van der Waals surface area contributed by atoms with Crippen LogP contribution in [-0.4, -0.2) is 61.8 Å². The van der Waals surface area contributed by atoms with Crippen LogP contribution in [0.5, 0.6) is 5.75 Å². The van der Waals surface area contributed by atoms with Crippen LogP contribution in [-0.2, 0) is 4.74 Å². The third kappa shape index (κ3) is 4.90. The van der Waals surface area contributed by atoms with E-state index in [1.165, 1.54) is 22.7 Å². The number of nitrogens with zero attached hydrogens (tertiary/aromatic N) is 3. The molecule has 1 fully saturated rings. The second-order valence-electron chi connectivity index (χ2n) is 6.71. The summed E-state index contributed by atoms with van der Waals surface area (Å²) < 4.78 is 12.9. The van der Waals surface area contributed by atoms with Gasteiger partial charge in [-0.05, 0) is 31.2 Å². The summed E-state index contributed by atoms with van der Waals surface area (Å²) in [5, 5.41) is 0.635. The van der Waals surface area contributed by atoms with E-state index in [1.807, 2.05) is 25.1 Å². The summed E-state index contributed by atoms with van der Waals surface area (Å²) in [6.45, 7) is 6.89. The molecule has 6 nitrogen and oxygen atoms in total. The minimum Gasteiger partial charge on any atom is -0.494 e. The first-order valence-electron chi connectivity index (χ1n) is 9.65. The highest BCUT2D eigenvalue weighted by Crippen LogP contribution is 2.35. The van der Waals surface area contributed by atoms with Gasteiger partial charge in [-0.1, -0.05) is 34.5 Å². The van der Waals surface area contributed by atoms with E-state index in [0.717, 1.165) is 35.6 Å². The fraction of sp³-hybridized carbons (Fsp3) is 0.400. The molecule has 0 aliphatic carbocycles. The first-order valence-corrected chi connectivity index (χ1v) is 12.0. The van der Waals surface area contributed by atoms with Crippen molar-refractivity contribution >= 4 is 67.1 Å². The molecule has 3 heterocycles. The number of carbonyl (C=O) groups is 1. The molecular weight excluding hydrogens is 465 g/mol. The van der Waals surface area contributed by atoms with Crippen LogP contribution in [0.1, 0.15) is 17.3 Å². The lowest BCUT2D eigenvalue weighted by atomic mass is 10.3. The number of amides is 1. The van der Waals surface area contributed by atoms with Crippen molar-refractivity contribution in [2.75, 3.05) is 50.9 Å². The number of rotatable bonds is 7. The molecule has 0 bridgehead atoms. The number of thiophene rings is 1. The topological polar surface area (TPSA) is 54.9 Å². The average molecular weight is 486 g/mol. The zero-order chi connectivity index (χ0) is 21.1. The number of aromatic nitrogens is 1. The van der Waals surface area contributed by atoms with Gasteiger partial charge in [-0.3, -0.25) is 14.6 Å². The first kappa shape index (κ1) is 21.8. The zero-order valence-corrected chi connectivity index (χ0v) is 19.5. The van der Waals surface area contributed by atoms with Gasteiger partial charge in [0.1, 0.15) is 10.1 Å². The van der Waals surface area contributed by atoms with Gasteiger partial charge in [0.25, 0.3) is 5.91 Å². The summed E-state index contributed by atoms with van der Waals surface area (Å²) in [6.07, 6.45) is 0. The maximum atomic E-state index is 13.4. The second kappa shape index (κ2) is 9.80. The van der Waals surface area contributed by atoms with Gasteiger partial charge in [0, 0.05) is 26.2 Å². The molecule has 30 heavy (non-hydrogen) atoms. The molecule has 3 aromatic rings. The SMILES string of the molecule is CCOc1ccc2nc(N(CCN3CCOCC3)C(=O)c3cc(Cl)sc3Cl)sc2c1. The summed E-state index contributed by atoms with van der Waals surface area (Å²) >= 11 is 15.0. The van der Waals surface area contributed by atoms with Gasteiger partial charge in [0.05, 0.1) is 39.9 Å². The van der Waals surface area contributed by atoms with Crippen LogP contribution < -0.4 is 9.64 Å². The van der Waals surface area contributed by atoms with Crippen LogP contribution in [0.25, 0.3) is 10.2 Å². The maximum absolute atomic E-state index is 13.4. The van der Waals surface area contributed by atoms with Crippen molar-refractivity contribution in [1.82, 2.24) is 9.88 Å². The highest BCUT2D eigenvalue weighted by atomic mass is 35.5. The number of carbonyl (C=O) groups excluding carboxylic acids is 1. The Morgan fingerprint density at radius 3 is 2.77 bits per heavy atom. The highest BCUT2D eigenvalue weighted by molar-refractivity contribution is 7.22. The fourth-order valence-electron chi connectivity index (χ4n) is 3.25. The molecule has 10 heteroatoms. The molecule has 1 aliphatic heterocycles. The number of hydrogen-bond acceptors (Lipinski definition) is 7. The van der Waals surface area contributed by atoms with Crippen molar-refractivity contribution < 1.29 is 14.3 Å². The van der Waals surface area contributed by atoms with Crippen LogP contribution in [0, 0.1) is 0 Å². The Labute approximate surface area is 192 Å². The number of ether oxygens (including phenoxy) is 2. The van der Waals surface area contributed by atoms with E-state index >= 15 is 0 Å². The van der Waals surface area contributed by atoms with Crippen molar-refractivity contribution in [3.63, 3.8) is 0 Å². The molecule has 1 amide bonds. The Kier molecular flexibility index (Phi) is 7.12. The van der Waals surface area contributed by atoms with Gasteiger partial charge < -0.3 is 9.47 Å². The molecule has 0 N–H and O–H groups in total. The molecule has 1 saturated heterocycles. The molecule has 0 unspecified atom stereocenters. The highest BCUT2D eigenvalue weighted by Gasteiger charge is 2.26. The zero-order valence-electron chi connectivity index (χ0n) is 16.4. The lowest BCUT2D eigenvalue weighted by molar-refractivity contribution is 0.0391. The largest absolute Gasteiger partial charge is 0.494 e. The summed E-state index contributed by atoms with van der Waals surface area (Å²) in [7, 11) is 0. The molecule has 0 atom stereocenters. The Morgan fingerprint density at radius 1 is 1.27 bits per heavy atom. The first-order chi connectivity index (χ1) is 14.5. The average Bonchev–Trinajstić information content (AvgIpc) is 3.31. The summed E-state index contributed by atoms with van der Waals surface area (Å²) in [5.41, 5.74) is 1.24. The maximum Gasteiger partial charge on any atom is 0.262 e. The van der Waals surface area contributed by atoms with E-state index in [2.05, 4.69) is 4.90 Å². The van der Waals surface area contributed by atoms with Gasteiger partial charge >= 0.3 is 0 Å².